The molecule has 1 aromatic carbocycles. The Kier molecular flexibility index (Phi) is 4.94. The van der Waals surface area contributed by atoms with Crippen LogP contribution in [0, 0.1) is 19.8 Å². The highest BCUT2D eigenvalue weighted by Gasteiger charge is 2.27. The molecule has 2 amide bonds. The van der Waals surface area contributed by atoms with Gasteiger partial charge in [-0.15, -0.1) is 0 Å². The lowest BCUT2D eigenvalue weighted by Gasteiger charge is -2.25. The van der Waals surface area contributed by atoms with E-state index in [0.717, 1.165) is 29.8 Å². The summed E-state index contributed by atoms with van der Waals surface area (Å²) in [5.41, 5.74) is 3.17. The number of benzene rings is 1. The van der Waals surface area contributed by atoms with E-state index in [2.05, 4.69) is 10.4 Å². The van der Waals surface area contributed by atoms with Crippen molar-refractivity contribution < 1.29 is 14.3 Å². The fraction of sp³-hybridized carbons (Fsp3) is 0.500. The monoisotopic (exact) mass is 329 g/mol. The van der Waals surface area contributed by atoms with Crippen LogP contribution in [0.25, 0.3) is 0 Å². The predicted octanol–water partition coefficient (Wildman–Crippen LogP) is 1.94. The Morgan fingerprint density at radius 3 is 2.96 bits per heavy atom. The van der Waals surface area contributed by atoms with E-state index in [1.165, 1.54) is 5.01 Å². The lowest BCUT2D eigenvalue weighted by atomic mass is 10.1. The van der Waals surface area contributed by atoms with Gasteiger partial charge in [-0.05, 0) is 37.5 Å². The van der Waals surface area contributed by atoms with Gasteiger partial charge in [0.1, 0.15) is 5.71 Å². The number of hydrogen-bond donors (Lipinski definition) is 1. The molecular formula is C18H23N3O3. The Morgan fingerprint density at radius 2 is 2.21 bits per heavy atom. The van der Waals surface area contributed by atoms with Crippen LogP contribution in [0.4, 0.5) is 5.69 Å². The van der Waals surface area contributed by atoms with E-state index in [-0.39, 0.29) is 11.8 Å². The van der Waals surface area contributed by atoms with Crippen LogP contribution in [0.3, 0.4) is 0 Å². The van der Waals surface area contributed by atoms with Crippen molar-refractivity contribution in [2.45, 2.75) is 33.1 Å². The predicted molar refractivity (Wildman–Crippen MR) is 92.0 cm³/mol. The third-order valence-electron chi connectivity index (χ3n) is 4.46. The van der Waals surface area contributed by atoms with Gasteiger partial charge in [0, 0.05) is 31.9 Å². The van der Waals surface area contributed by atoms with Crippen LogP contribution in [0.1, 0.15) is 30.4 Å². The normalized spacial score (nSPS) is 20.9. The Labute approximate surface area is 141 Å². The maximum atomic E-state index is 12.4. The summed E-state index contributed by atoms with van der Waals surface area (Å²) in [6.07, 6.45) is 1.65. The molecule has 3 rings (SSSR count). The molecule has 1 atom stereocenters. The molecule has 0 saturated carbocycles. The van der Waals surface area contributed by atoms with Crippen LogP contribution >= 0.6 is 0 Å². The minimum atomic E-state index is -0.190. The number of nitrogens with zero attached hydrogens (tertiary/aromatic N) is 2. The summed E-state index contributed by atoms with van der Waals surface area (Å²) in [6.45, 7) is 5.95. The van der Waals surface area contributed by atoms with E-state index in [1.54, 1.807) is 0 Å². The van der Waals surface area contributed by atoms with Gasteiger partial charge in [-0.25, -0.2) is 5.01 Å². The Hall–Kier alpha value is -2.21. The average Bonchev–Trinajstić information content (AvgIpc) is 3.09. The smallest absolute Gasteiger partial charge is 0.267 e. The molecule has 1 saturated heterocycles. The standard InChI is InChI=1S/C18H23N3O3/c1-12-3-4-13(2)16(9-12)21-17(22)6-5-15(20-21)18(23)19-10-14-7-8-24-11-14/h3-4,9,14H,5-8,10-11H2,1-2H3,(H,19,23)/t14-/m0/s1. The van der Waals surface area contributed by atoms with Crippen LogP contribution in [0.2, 0.25) is 0 Å². The SMILES string of the molecule is Cc1ccc(C)c(N2N=C(C(=O)NC[C@@H]3CCOC3)CCC2=O)c1. The van der Waals surface area contributed by atoms with Gasteiger partial charge in [-0.2, -0.15) is 5.10 Å². The van der Waals surface area contributed by atoms with Gasteiger partial charge in [0.05, 0.1) is 12.3 Å². The second-order valence-corrected chi connectivity index (χ2v) is 6.48. The van der Waals surface area contributed by atoms with Gasteiger partial charge >= 0.3 is 0 Å². The Balaban J connectivity index is 1.74. The van der Waals surface area contributed by atoms with Crippen LogP contribution in [-0.2, 0) is 14.3 Å². The van der Waals surface area contributed by atoms with E-state index in [1.807, 2.05) is 32.0 Å². The summed E-state index contributed by atoms with van der Waals surface area (Å²) >= 11 is 0. The Morgan fingerprint density at radius 1 is 1.38 bits per heavy atom. The van der Waals surface area contributed by atoms with Crippen molar-refractivity contribution in [1.82, 2.24) is 5.32 Å². The summed E-state index contributed by atoms with van der Waals surface area (Å²) in [7, 11) is 0. The summed E-state index contributed by atoms with van der Waals surface area (Å²) in [6, 6.07) is 5.88. The highest BCUT2D eigenvalue weighted by Crippen LogP contribution is 2.25. The number of aryl methyl sites for hydroxylation is 2. The minimum absolute atomic E-state index is 0.0792. The van der Waals surface area contributed by atoms with Gasteiger partial charge in [0.15, 0.2) is 0 Å². The van der Waals surface area contributed by atoms with Crippen molar-refractivity contribution in [2.75, 3.05) is 24.8 Å². The zero-order valence-electron chi connectivity index (χ0n) is 14.2. The molecule has 128 valence electrons. The molecule has 0 unspecified atom stereocenters. The van der Waals surface area contributed by atoms with Crippen molar-refractivity contribution in [3.63, 3.8) is 0 Å². The molecule has 2 aliphatic heterocycles. The first kappa shape index (κ1) is 16.6. The number of anilines is 1. The molecule has 24 heavy (non-hydrogen) atoms. The molecule has 0 aliphatic carbocycles. The number of carbonyl (C=O) groups excluding carboxylic acids is 2. The number of hydrogen-bond acceptors (Lipinski definition) is 4. The second-order valence-electron chi connectivity index (χ2n) is 6.48. The number of hydrazone groups is 1. The molecule has 2 heterocycles. The quantitative estimate of drug-likeness (QED) is 0.917. The van der Waals surface area contributed by atoms with Crippen LogP contribution < -0.4 is 10.3 Å². The van der Waals surface area contributed by atoms with E-state index in [0.29, 0.717) is 37.6 Å². The van der Waals surface area contributed by atoms with E-state index < -0.39 is 0 Å². The van der Waals surface area contributed by atoms with Crippen LogP contribution in [-0.4, -0.2) is 37.3 Å². The summed E-state index contributed by atoms with van der Waals surface area (Å²) in [5.74, 6) is 0.101. The summed E-state index contributed by atoms with van der Waals surface area (Å²) in [5, 5.41) is 8.63. The highest BCUT2D eigenvalue weighted by molar-refractivity contribution is 6.40. The molecular weight excluding hydrogens is 306 g/mol. The van der Waals surface area contributed by atoms with Gasteiger partial charge in [0.25, 0.3) is 5.91 Å². The molecule has 1 N–H and O–H groups in total. The third kappa shape index (κ3) is 3.64. The van der Waals surface area contributed by atoms with Crippen LogP contribution in [0.15, 0.2) is 23.3 Å². The van der Waals surface area contributed by atoms with E-state index in [9.17, 15) is 9.59 Å². The van der Waals surface area contributed by atoms with Gasteiger partial charge in [0.2, 0.25) is 5.91 Å². The zero-order chi connectivity index (χ0) is 17.1. The molecule has 1 aromatic rings. The van der Waals surface area contributed by atoms with Crippen molar-refractivity contribution in [1.29, 1.82) is 0 Å². The maximum absolute atomic E-state index is 12.4. The maximum Gasteiger partial charge on any atom is 0.267 e. The largest absolute Gasteiger partial charge is 0.381 e. The Bertz CT molecular complexity index is 678. The lowest BCUT2D eigenvalue weighted by molar-refractivity contribution is -0.119. The van der Waals surface area contributed by atoms with Crippen molar-refractivity contribution in [3.05, 3.63) is 29.3 Å². The first-order chi connectivity index (χ1) is 11.5. The van der Waals surface area contributed by atoms with Crippen molar-refractivity contribution in [3.8, 4) is 0 Å². The second kappa shape index (κ2) is 7.13. The molecule has 0 bridgehead atoms. The summed E-state index contributed by atoms with van der Waals surface area (Å²) in [4.78, 5) is 24.6. The molecule has 6 heteroatoms. The van der Waals surface area contributed by atoms with Gasteiger partial charge in [-0.1, -0.05) is 12.1 Å². The molecule has 0 spiro atoms. The fourth-order valence-corrected chi connectivity index (χ4v) is 2.94. The van der Waals surface area contributed by atoms with E-state index >= 15 is 0 Å². The number of nitrogens with one attached hydrogen (secondary N) is 1. The highest BCUT2D eigenvalue weighted by atomic mass is 16.5. The molecule has 0 radical (unpaired) electrons. The fourth-order valence-electron chi connectivity index (χ4n) is 2.94. The van der Waals surface area contributed by atoms with Gasteiger partial charge < -0.3 is 10.1 Å². The van der Waals surface area contributed by atoms with Crippen molar-refractivity contribution >= 4 is 23.2 Å². The number of amides is 2. The number of carbonyl (C=O) groups is 2. The lowest BCUT2D eigenvalue weighted by Crippen LogP contribution is -2.40. The third-order valence-corrected chi connectivity index (χ3v) is 4.46. The number of ether oxygens (including phenoxy) is 1. The van der Waals surface area contributed by atoms with Gasteiger partial charge in [-0.3, -0.25) is 9.59 Å². The van der Waals surface area contributed by atoms with E-state index in [4.69, 9.17) is 4.74 Å². The molecule has 1 fully saturated rings. The summed E-state index contributed by atoms with van der Waals surface area (Å²) < 4.78 is 5.31. The first-order valence-electron chi connectivity index (χ1n) is 8.38. The molecule has 0 aromatic heterocycles. The average molecular weight is 329 g/mol. The van der Waals surface area contributed by atoms with Crippen LogP contribution in [0.5, 0.6) is 0 Å². The molecule has 6 nitrogen and oxygen atoms in total. The minimum Gasteiger partial charge on any atom is -0.381 e. The number of rotatable bonds is 4. The van der Waals surface area contributed by atoms with Crippen molar-refractivity contribution in [2.24, 2.45) is 11.0 Å². The topological polar surface area (TPSA) is 71.0 Å². The first-order valence-corrected chi connectivity index (χ1v) is 8.38. The molecule has 2 aliphatic rings. The zero-order valence-corrected chi connectivity index (χ0v) is 14.2.